The number of nitrogens with zero attached hydrogens (tertiary/aromatic N) is 3. The maximum atomic E-state index is 5.71. The first kappa shape index (κ1) is 25.3. The molecule has 5 rings (SSSR count). The Labute approximate surface area is 219 Å². The number of nitrogens with one attached hydrogen (secondary N) is 1. The lowest BCUT2D eigenvalue weighted by Crippen LogP contribution is -2.45. The van der Waals surface area contributed by atoms with Gasteiger partial charge in [0.1, 0.15) is 12.2 Å². The lowest BCUT2D eigenvalue weighted by Gasteiger charge is -2.36. The molecule has 182 valence electrons. The number of rotatable bonds is 8. The van der Waals surface area contributed by atoms with Gasteiger partial charge in [-0.1, -0.05) is 66.7 Å². The van der Waals surface area contributed by atoms with Gasteiger partial charge in [0.25, 0.3) is 0 Å². The van der Waals surface area contributed by atoms with Gasteiger partial charge in [-0.05, 0) is 41.3 Å². The summed E-state index contributed by atoms with van der Waals surface area (Å²) in [5.74, 6) is 0. The minimum Gasteiger partial charge on any atom is -0.369 e. The maximum absolute atomic E-state index is 5.71. The molecule has 1 fully saturated rings. The van der Waals surface area contributed by atoms with Gasteiger partial charge in [0.2, 0.25) is 0 Å². The molecule has 1 aliphatic rings. The predicted octanol–water partition coefficient (Wildman–Crippen LogP) is 6.32. The number of piperazine rings is 1. The molecule has 0 atom stereocenters. The Bertz CT molecular complexity index is 1190. The van der Waals surface area contributed by atoms with E-state index in [9.17, 15) is 0 Å². The van der Waals surface area contributed by atoms with E-state index in [4.69, 9.17) is 4.28 Å². The van der Waals surface area contributed by atoms with Gasteiger partial charge in [0, 0.05) is 50.8 Å². The van der Waals surface area contributed by atoms with Crippen LogP contribution in [0, 0.1) is 0 Å². The number of hydrogen-bond acceptors (Lipinski definition) is 6. The smallest absolute Gasteiger partial charge is 0.142 e. The third-order valence-electron chi connectivity index (χ3n) is 6.27. The highest BCUT2D eigenvalue weighted by atomic mass is 32.2. The molecule has 1 aliphatic heterocycles. The average Bonchev–Trinajstić information content (AvgIpc) is 2.90. The summed E-state index contributed by atoms with van der Waals surface area (Å²) >= 11 is 1.28. The van der Waals surface area contributed by atoms with Crippen LogP contribution in [0.3, 0.4) is 0 Å². The van der Waals surface area contributed by atoms with Crippen molar-refractivity contribution in [3.8, 4) is 0 Å². The van der Waals surface area contributed by atoms with Crippen LogP contribution in [-0.2, 0) is 10.8 Å². The van der Waals surface area contributed by atoms with Gasteiger partial charge in [0.15, 0.2) is 0 Å². The van der Waals surface area contributed by atoms with Crippen LogP contribution in [0.5, 0.6) is 0 Å². The van der Waals surface area contributed by atoms with E-state index >= 15 is 0 Å². The Morgan fingerprint density at radius 3 is 2.26 bits per heavy atom. The lowest BCUT2D eigenvalue weighted by molar-refractivity contribution is 0.250. The van der Waals surface area contributed by atoms with Gasteiger partial charge in [-0.25, -0.2) is 0 Å². The zero-order chi connectivity index (χ0) is 23.2. The summed E-state index contributed by atoms with van der Waals surface area (Å²) in [6, 6.07) is 33.9. The summed E-state index contributed by atoms with van der Waals surface area (Å²) in [7, 11) is 2.01. The third kappa shape index (κ3) is 6.44. The van der Waals surface area contributed by atoms with Crippen molar-refractivity contribution < 1.29 is 4.28 Å². The van der Waals surface area contributed by atoms with E-state index in [0.717, 1.165) is 44.1 Å². The summed E-state index contributed by atoms with van der Waals surface area (Å²) in [5.41, 5.74) is 7.75. The van der Waals surface area contributed by atoms with Crippen molar-refractivity contribution in [1.29, 1.82) is 0 Å². The Morgan fingerprint density at radius 1 is 0.800 bits per heavy atom. The van der Waals surface area contributed by atoms with Crippen LogP contribution in [0.1, 0.15) is 5.56 Å². The Balaban J connectivity index is 0.00000289. The van der Waals surface area contributed by atoms with E-state index in [1.54, 1.807) is 0 Å². The molecule has 1 heterocycles. The predicted molar refractivity (Wildman–Crippen MR) is 155 cm³/mol. The number of fused-ring (bicyclic) bond motifs is 1. The molecule has 5 nitrogen and oxygen atoms in total. The Hall–Kier alpha value is -2.84. The molecule has 35 heavy (non-hydrogen) atoms. The molecule has 4 aromatic carbocycles. The molecule has 0 radical (unpaired) electrons. The van der Waals surface area contributed by atoms with E-state index < -0.39 is 0 Å². The van der Waals surface area contributed by atoms with Gasteiger partial charge in [-0.2, -0.15) is 17.8 Å². The molecule has 0 saturated carbocycles. The fourth-order valence-electron chi connectivity index (χ4n) is 4.39. The summed E-state index contributed by atoms with van der Waals surface area (Å²) in [4.78, 5) is 4.99. The fourth-order valence-corrected chi connectivity index (χ4v) is 4.87. The molecular formula is C28H32N4OS2. The van der Waals surface area contributed by atoms with Crippen LogP contribution in [0.4, 0.5) is 17.1 Å². The van der Waals surface area contributed by atoms with Gasteiger partial charge >= 0.3 is 0 Å². The standard InChI is InChI=1S/C28H30N4OS.H2S/c1-30(28-13-7-9-24-8-5-6-12-27(24)28)34-33-29-25-16-14-23(15-17-25)22-31-18-20-32(21-19-31)26-10-3-2-4-11-26;/h2-17,29H,18-22H2,1H3;1H2. The number of benzene rings is 4. The highest BCUT2D eigenvalue weighted by Gasteiger charge is 2.17. The summed E-state index contributed by atoms with van der Waals surface area (Å²) in [5, 5.41) is 2.43. The monoisotopic (exact) mass is 504 g/mol. The fraction of sp³-hybridized carbons (Fsp3) is 0.214. The summed E-state index contributed by atoms with van der Waals surface area (Å²) in [6.07, 6.45) is 0. The van der Waals surface area contributed by atoms with Crippen molar-refractivity contribution in [3.63, 3.8) is 0 Å². The normalized spacial score (nSPS) is 13.9. The molecule has 4 aromatic rings. The SMILES string of the molecule is CN(SONc1ccc(CN2CCN(c3ccccc3)CC2)cc1)c1cccc2ccccc12.S. The Morgan fingerprint density at radius 2 is 1.49 bits per heavy atom. The lowest BCUT2D eigenvalue weighted by atomic mass is 10.1. The molecule has 0 spiro atoms. The van der Waals surface area contributed by atoms with Gasteiger partial charge < -0.3 is 4.90 Å². The van der Waals surface area contributed by atoms with Crippen LogP contribution in [0.15, 0.2) is 97.1 Å². The first-order chi connectivity index (χ1) is 16.8. The second-order valence-corrected chi connectivity index (χ2v) is 9.41. The van der Waals surface area contributed by atoms with Gasteiger partial charge in [0.05, 0.1) is 11.4 Å². The van der Waals surface area contributed by atoms with E-state index in [0.29, 0.717) is 0 Å². The highest BCUT2D eigenvalue weighted by Crippen LogP contribution is 2.30. The summed E-state index contributed by atoms with van der Waals surface area (Å²) < 4.78 is 7.73. The Kier molecular flexibility index (Phi) is 8.82. The molecule has 0 unspecified atom stereocenters. The second kappa shape index (κ2) is 12.2. The van der Waals surface area contributed by atoms with Crippen LogP contribution < -0.4 is 14.7 Å². The zero-order valence-electron chi connectivity index (χ0n) is 19.9. The number of hydrogen-bond donors (Lipinski definition) is 1. The van der Waals surface area contributed by atoms with Crippen molar-refractivity contribution in [2.75, 3.05) is 47.9 Å². The van der Waals surface area contributed by atoms with Crippen molar-refractivity contribution in [2.24, 2.45) is 0 Å². The summed E-state index contributed by atoms with van der Waals surface area (Å²) in [6.45, 7) is 5.27. The van der Waals surface area contributed by atoms with Crippen molar-refractivity contribution in [1.82, 2.24) is 4.90 Å². The van der Waals surface area contributed by atoms with E-state index in [1.807, 2.05) is 11.4 Å². The van der Waals surface area contributed by atoms with Gasteiger partial charge in [-0.15, -0.1) is 0 Å². The van der Waals surface area contributed by atoms with E-state index in [-0.39, 0.29) is 13.5 Å². The maximum Gasteiger partial charge on any atom is 0.142 e. The molecule has 7 heteroatoms. The van der Waals surface area contributed by atoms with Crippen LogP contribution in [0.25, 0.3) is 10.8 Å². The van der Waals surface area contributed by atoms with Crippen molar-refractivity contribution in [3.05, 3.63) is 103 Å². The molecule has 0 aromatic heterocycles. The molecule has 0 amide bonds. The molecular weight excluding hydrogens is 472 g/mol. The highest BCUT2D eigenvalue weighted by molar-refractivity contribution is 7.96. The molecule has 0 bridgehead atoms. The third-order valence-corrected chi connectivity index (χ3v) is 6.85. The molecule has 1 saturated heterocycles. The van der Waals surface area contributed by atoms with Crippen LogP contribution in [-0.4, -0.2) is 38.1 Å². The van der Waals surface area contributed by atoms with E-state index in [1.165, 1.54) is 34.3 Å². The van der Waals surface area contributed by atoms with Gasteiger partial charge in [-0.3, -0.25) is 14.7 Å². The molecule has 1 N–H and O–H groups in total. The molecule has 0 aliphatic carbocycles. The van der Waals surface area contributed by atoms with Crippen molar-refractivity contribution >= 4 is 53.6 Å². The minimum absolute atomic E-state index is 0. The van der Waals surface area contributed by atoms with E-state index in [2.05, 4.69) is 112 Å². The quantitative estimate of drug-likeness (QED) is 0.172. The first-order valence-corrected chi connectivity index (χ1v) is 12.4. The average molecular weight is 505 g/mol. The number of para-hydroxylation sites is 1. The number of anilines is 3. The largest absolute Gasteiger partial charge is 0.369 e. The topological polar surface area (TPSA) is 31.0 Å². The first-order valence-electron chi connectivity index (χ1n) is 11.7. The van der Waals surface area contributed by atoms with Crippen molar-refractivity contribution in [2.45, 2.75) is 6.54 Å². The van der Waals surface area contributed by atoms with Crippen LogP contribution in [0.2, 0.25) is 0 Å². The zero-order valence-corrected chi connectivity index (χ0v) is 21.7. The minimum atomic E-state index is 0. The second-order valence-electron chi connectivity index (χ2n) is 8.55. The van der Waals surface area contributed by atoms with Crippen LogP contribution >= 0.6 is 25.7 Å².